The molecular formula is C34H25F2N5O5S. The Bertz CT molecular complexity index is 2440. The van der Waals surface area contributed by atoms with Gasteiger partial charge in [-0.1, -0.05) is 12.1 Å². The normalized spacial score (nSPS) is 11.8. The molecule has 47 heavy (non-hydrogen) atoms. The first-order valence-corrected chi connectivity index (χ1v) is 16.1. The van der Waals surface area contributed by atoms with Crippen molar-refractivity contribution in [3.8, 4) is 39.6 Å². The second-order valence-corrected chi connectivity index (χ2v) is 12.8. The number of fused-ring (bicyclic) bond motifs is 2. The van der Waals surface area contributed by atoms with Crippen LogP contribution in [-0.4, -0.2) is 49.4 Å². The Kier molecular flexibility index (Phi) is 7.12. The van der Waals surface area contributed by atoms with Gasteiger partial charge >= 0.3 is 0 Å². The van der Waals surface area contributed by atoms with E-state index >= 15 is 0 Å². The van der Waals surface area contributed by atoms with Crippen molar-refractivity contribution in [2.45, 2.75) is 0 Å². The second kappa shape index (κ2) is 11.2. The lowest BCUT2D eigenvalue weighted by molar-refractivity contribution is 0.0964. The fourth-order valence-electron chi connectivity index (χ4n) is 5.47. The number of benzene rings is 4. The summed E-state index contributed by atoms with van der Waals surface area (Å²) in [6.45, 7) is 0. The summed E-state index contributed by atoms with van der Waals surface area (Å²) in [5.41, 5.74) is 3.40. The zero-order chi connectivity index (χ0) is 33.0. The highest BCUT2D eigenvalue weighted by Gasteiger charge is 2.27. The molecule has 0 unspecified atom stereocenters. The van der Waals surface area contributed by atoms with Crippen LogP contribution in [0.25, 0.3) is 61.7 Å². The third-order valence-electron chi connectivity index (χ3n) is 7.86. The third-order valence-corrected chi connectivity index (χ3v) is 9.05. The molecule has 0 saturated carbocycles. The molecule has 0 aliphatic rings. The Morgan fingerprint density at radius 1 is 0.915 bits per heavy atom. The minimum absolute atomic E-state index is 0.0557. The van der Waals surface area contributed by atoms with Crippen LogP contribution in [0.4, 0.5) is 14.5 Å². The maximum absolute atomic E-state index is 14.6. The number of nitrogens with zero attached hydrogens (tertiary/aromatic N) is 4. The lowest BCUT2D eigenvalue weighted by Crippen LogP contribution is -2.25. The summed E-state index contributed by atoms with van der Waals surface area (Å²) >= 11 is 0. The average Bonchev–Trinajstić information content (AvgIpc) is 3.82. The molecule has 1 amide bonds. The van der Waals surface area contributed by atoms with Crippen molar-refractivity contribution < 1.29 is 30.8 Å². The van der Waals surface area contributed by atoms with Gasteiger partial charge < -0.3 is 14.2 Å². The van der Waals surface area contributed by atoms with Crippen molar-refractivity contribution in [1.82, 2.24) is 20.1 Å². The van der Waals surface area contributed by atoms with Crippen LogP contribution in [0.1, 0.15) is 10.4 Å². The standard InChI is InChI=1S/C34H25F2N5O5S/c1-37-33(42)30-24-17-22(27(40(2)47(3,43)44)18-29(24)45-32(30)19-8-11-21(35)12-9-19)20-10-13-26(41-15-5-14-38-41)23(16-20)34-39-31-25(36)6-4-7-28(31)46-34/h4-18H,1-3H3,(H,37,42). The molecule has 13 heteroatoms. The molecule has 0 atom stereocenters. The third kappa shape index (κ3) is 5.20. The van der Waals surface area contributed by atoms with Crippen LogP contribution in [0.15, 0.2) is 100 Å². The molecule has 1 N–H and O–H groups in total. The number of halogens is 2. The zero-order valence-electron chi connectivity index (χ0n) is 25.2. The van der Waals surface area contributed by atoms with Crippen molar-refractivity contribution in [3.05, 3.63) is 108 Å². The van der Waals surface area contributed by atoms with Crippen LogP contribution in [0.3, 0.4) is 0 Å². The van der Waals surface area contributed by atoms with E-state index in [1.807, 2.05) is 0 Å². The van der Waals surface area contributed by atoms with E-state index in [1.54, 1.807) is 59.5 Å². The first-order chi connectivity index (χ1) is 22.5. The van der Waals surface area contributed by atoms with Gasteiger partial charge in [0.05, 0.1) is 28.8 Å². The van der Waals surface area contributed by atoms with Gasteiger partial charge in [-0.3, -0.25) is 9.10 Å². The Hall–Kier alpha value is -5.82. The first kappa shape index (κ1) is 29.9. The molecule has 0 aliphatic heterocycles. The summed E-state index contributed by atoms with van der Waals surface area (Å²) in [5, 5.41) is 7.38. The van der Waals surface area contributed by atoms with Crippen LogP contribution in [0, 0.1) is 11.6 Å². The SMILES string of the molecule is CNC(=O)c1c(-c2ccc(F)cc2)oc2cc(N(C)S(C)(=O)=O)c(-c3ccc(-n4cccn4)c(-c4nc5c(F)cccc5o4)c3)cc12. The molecule has 4 aromatic carbocycles. The van der Waals surface area contributed by atoms with Gasteiger partial charge in [0.15, 0.2) is 11.4 Å². The number of hydrogen-bond donors (Lipinski definition) is 1. The van der Waals surface area contributed by atoms with Crippen LogP contribution >= 0.6 is 0 Å². The fourth-order valence-corrected chi connectivity index (χ4v) is 5.98. The maximum atomic E-state index is 14.6. The number of para-hydroxylation sites is 1. The molecule has 7 aromatic rings. The Labute approximate surface area is 266 Å². The predicted molar refractivity (Wildman–Crippen MR) is 174 cm³/mol. The number of aromatic nitrogens is 3. The molecule has 0 fully saturated rings. The first-order valence-electron chi connectivity index (χ1n) is 14.3. The van der Waals surface area contributed by atoms with Gasteiger partial charge in [0, 0.05) is 49.1 Å². The lowest BCUT2D eigenvalue weighted by atomic mass is 9.96. The fraction of sp³-hybridized carbons (Fsp3) is 0.0882. The molecule has 7 rings (SSSR count). The highest BCUT2D eigenvalue weighted by molar-refractivity contribution is 7.92. The molecule has 10 nitrogen and oxygen atoms in total. The number of anilines is 1. The van der Waals surface area contributed by atoms with Gasteiger partial charge in [-0.2, -0.15) is 5.10 Å². The summed E-state index contributed by atoms with van der Waals surface area (Å²) < 4.78 is 69.1. The summed E-state index contributed by atoms with van der Waals surface area (Å²) in [5.74, 6) is -1.16. The second-order valence-electron chi connectivity index (χ2n) is 10.8. The van der Waals surface area contributed by atoms with E-state index in [9.17, 15) is 22.0 Å². The molecule has 0 saturated heterocycles. The van der Waals surface area contributed by atoms with E-state index in [4.69, 9.17) is 8.83 Å². The van der Waals surface area contributed by atoms with E-state index in [1.165, 1.54) is 50.5 Å². The summed E-state index contributed by atoms with van der Waals surface area (Å²) in [4.78, 5) is 17.7. The topological polar surface area (TPSA) is 123 Å². The number of rotatable bonds is 7. The zero-order valence-corrected chi connectivity index (χ0v) is 26.0. The van der Waals surface area contributed by atoms with E-state index < -0.39 is 27.6 Å². The van der Waals surface area contributed by atoms with Crippen LogP contribution in [0.2, 0.25) is 0 Å². The molecular weight excluding hydrogens is 628 g/mol. The Morgan fingerprint density at radius 3 is 2.36 bits per heavy atom. The predicted octanol–water partition coefficient (Wildman–Crippen LogP) is 6.79. The number of amides is 1. The van der Waals surface area contributed by atoms with E-state index in [0.29, 0.717) is 33.3 Å². The number of hydrogen-bond acceptors (Lipinski definition) is 7. The van der Waals surface area contributed by atoms with Gasteiger partial charge in [-0.15, -0.1) is 0 Å². The number of carbonyl (C=O) groups is 1. The molecule has 0 spiro atoms. The van der Waals surface area contributed by atoms with E-state index in [-0.39, 0.29) is 39.6 Å². The van der Waals surface area contributed by atoms with E-state index in [2.05, 4.69) is 15.4 Å². The quantitative estimate of drug-likeness (QED) is 0.201. The number of oxazole rings is 1. The summed E-state index contributed by atoms with van der Waals surface area (Å²) in [6, 6.07) is 20.1. The highest BCUT2D eigenvalue weighted by atomic mass is 32.2. The minimum atomic E-state index is -3.78. The molecule has 0 aliphatic carbocycles. The smallest absolute Gasteiger partial charge is 0.255 e. The number of sulfonamides is 1. The van der Waals surface area contributed by atoms with Gasteiger partial charge in [-0.25, -0.2) is 26.9 Å². The minimum Gasteiger partial charge on any atom is -0.455 e. The van der Waals surface area contributed by atoms with Crippen molar-refractivity contribution in [2.75, 3.05) is 24.7 Å². The molecule has 0 radical (unpaired) electrons. The van der Waals surface area contributed by atoms with Crippen LogP contribution in [0.5, 0.6) is 0 Å². The molecule has 3 heterocycles. The van der Waals surface area contributed by atoms with Gasteiger partial charge in [-0.05, 0) is 66.2 Å². The summed E-state index contributed by atoms with van der Waals surface area (Å²) in [7, 11) is -0.893. The lowest BCUT2D eigenvalue weighted by Gasteiger charge is -2.21. The number of carbonyl (C=O) groups excluding carboxylic acids is 1. The van der Waals surface area contributed by atoms with Crippen molar-refractivity contribution in [2.24, 2.45) is 0 Å². The Balaban J connectivity index is 1.52. The van der Waals surface area contributed by atoms with E-state index in [0.717, 1.165) is 10.6 Å². The van der Waals surface area contributed by atoms with Gasteiger partial charge in [0.1, 0.15) is 22.7 Å². The average molecular weight is 654 g/mol. The van der Waals surface area contributed by atoms with Crippen molar-refractivity contribution >= 4 is 43.7 Å². The van der Waals surface area contributed by atoms with Crippen molar-refractivity contribution in [1.29, 1.82) is 0 Å². The van der Waals surface area contributed by atoms with Crippen LogP contribution < -0.4 is 9.62 Å². The molecule has 3 aromatic heterocycles. The largest absolute Gasteiger partial charge is 0.455 e. The number of nitrogens with one attached hydrogen (secondary N) is 1. The monoisotopic (exact) mass is 653 g/mol. The van der Waals surface area contributed by atoms with Gasteiger partial charge in [0.25, 0.3) is 5.91 Å². The summed E-state index contributed by atoms with van der Waals surface area (Å²) in [6.07, 6.45) is 4.41. The molecule has 0 bridgehead atoms. The van der Waals surface area contributed by atoms with Crippen LogP contribution in [-0.2, 0) is 10.0 Å². The van der Waals surface area contributed by atoms with Crippen molar-refractivity contribution in [3.63, 3.8) is 0 Å². The Morgan fingerprint density at radius 2 is 1.68 bits per heavy atom. The highest BCUT2D eigenvalue weighted by Crippen LogP contribution is 2.43. The number of furan rings is 1. The molecule has 236 valence electrons. The maximum Gasteiger partial charge on any atom is 0.255 e. The van der Waals surface area contributed by atoms with Gasteiger partial charge in [0.2, 0.25) is 15.9 Å².